The summed E-state index contributed by atoms with van der Waals surface area (Å²) in [7, 11) is 1.50. The topological polar surface area (TPSA) is 92.2 Å². The standard InChI is InChI=1S/C10H13N3O3S/c1-3-7(10(15)16)17-8-5-4-6(12-13-8)9(14)11-2/h4-5,7H,3H2,1-2H3,(H,11,14)(H,15,16). The van der Waals surface area contributed by atoms with E-state index < -0.39 is 11.2 Å². The third kappa shape index (κ3) is 3.70. The summed E-state index contributed by atoms with van der Waals surface area (Å²) in [6.07, 6.45) is 0.499. The SMILES string of the molecule is CCC(Sc1ccc(C(=O)NC)nn1)C(=O)O. The predicted molar refractivity (Wildman–Crippen MR) is 63.0 cm³/mol. The highest BCUT2D eigenvalue weighted by atomic mass is 32.2. The van der Waals surface area contributed by atoms with Crippen LogP contribution in [-0.4, -0.2) is 39.5 Å². The first-order valence-electron chi connectivity index (χ1n) is 5.03. The number of rotatable bonds is 5. The van der Waals surface area contributed by atoms with Crippen LogP contribution in [-0.2, 0) is 4.79 Å². The lowest BCUT2D eigenvalue weighted by molar-refractivity contribution is -0.136. The molecule has 0 radical (unpaired) electrons. The molecule has 0 aliphatic heterocycles. The van der Waals surface area contributed by atoms with Crippen molar-refractivity contribution in [3.05, 3.63) is 17.8 Å². The lowest BCUT2D eigenvalue weighted by Crippen LogP contribution is -2.20. The Balaban J connectivity index is 2.74. The molecular weight excluding hydrogens is 242 g/mol. The monoisotopic (exact) mass is 255 g/mol. The summed E-state index contributed by atoms with van der Waals surface area (Å²) in [6, 6.07) is 3.11. The number of carboxylic acid groups (broad SMARTS) is 1. The van der Waals surface area contributed by atoms with Crippen LogP contribution in [0, 0.1) is 0 Å². The molecule has 0 spiro atoms. The molecule has 1 atom stereocenters. The highest BCUT2D eigenvalue weighted by Gasteiger charge is 2.17. The van der Waals surface area contributed by atoms with Crippen molar-refractivity contribution >= 4 is 23.6 Å². The maximum Gasteiger partial charge on any atom is 0.317 e. The van der Waals surface area contributed by atoms with E-state index in [0.717, 1.165) is 11.8 Å². The van der Waals surface area contributed by atoms with Gasteiger partial charge in [-0.2, -0.15) is 0 Å². The summed E-state index contributed by atoms with van der Waals surface area (Å²) < 4.78 is 0. The number of thioether (sulfide) groups is 1. The molecule has 1 unspecified atom stereocenters. The summed E-state index contributed by atoms with van der Waals surface area (Å²) in [5.41, 5.74) is 0.209. The zero-order chi connectivity index (χ0) is 12.8. The number of carbonyl (C=O) groups is 2. The molecule has 0 aliphatic rings. The van der Waals surface area contributed by atoms with Crippen molar-refractivity contribution < 1.29 is 14.7 Å². The predicted octanol–water partition coefficient (Wildman–Crippen LogP) is 0.791. The Morgan fingerprint density at radius 2 is 2.18 bits per heavy atom. The molecule has 7 heteroatoms. The van der Waals surface area contributed by atoms with Crippen LogP contribution in [0.2, 0.25) is 0 Å². The van der Waals surface area contributed by atoms with Crippen molar-refractivity contribution in [2.45, 2.75) is 23.6 Å². The maximum atomic E-state index is 11.2. The van der Waals surface area contributed by atoms with Crippen molar-refractivity contribution in [1.29, 1.82) is 0 Å². The summed E-state index contributed by atoms with van der Waals surface area (Å²) in [6.45, 7) is 1.79. The van der Waals surface area contributed by atoms with E-state index in [1.807, 2.05) is 0 Å². The normalized spacial score (nSPS) is 11.9. The number of aromatic nitrogens is 2. The minimum absolute atomic E-state index is 0.209. The van der Waals surface area contributed by atoms with E-state index in [1.54, 1.807) is 13.0 Å². The molecular formula is C10H13N3O3S. The van der Waals surface area contributed by atoms with Crippen LogP contribution in [0.5, 0.6) is 0 Å². The number of nitrogens with zero attached hydrogens (tertiary/aromatic N) is 2. The first-order valence-corrected chi connectivity index (χ1v) is 5.91. The summed E-state index contributed by atoms with van der Waals surface area (Å²) in [5, 5.41) is 18.8. The molecule has 1 rings (SSSR count). The van der Waals surface area contributed by atoms with E-state index >= 15 is 0 Å². The maximum absolute atomic E-state index is 11.2. The van der Waals surface area contributed by atoms with E-state index in [0.29, 0.717) is 11.4 Å². The molecule has 1 aromatic heterocycles. The third-order valence-electron chi connectivity index (χ3n) is 2.01. The molecule has 1 heterocycles. The van der Waals surface area contributed by atoms with Gasteiger partial charge >= 0.3 is 5.97 Å². The Hall–Kier alpha value is -1.63. The number of hydrogen-bond donors (Lipinski definition) is 2. The molecule has 1 amide bonds. The average molecular weight is 255 g/mol. The second-order valence-electron chi connectivity index (χ2n) is 3.19. The molecule has 0 saturated heterocycles. The molecule has 92 valence electrons. The number of nitrogens with one attached hydrogen (secondary N) is 1. The molecule has 6 nitrogen and oxygen atoms in total. The molecule has 2 N–H and O–H groups in total. The first-order chi connectivity index (χ1) is 8.08. The van der Waals surface area contributed by atoms with E-state index in [2.05, 4.69) is 15.5 Å². The van der Waals surface area contributed by atoms with Gasteiger partial charge in [-0.25, -0.2) is 0 Å². The first kappa shape index (κ1) is 13.4. The molecule has 0 aromatic carbocycles. The summed E-state index contributed by atoms with van der Waals surface area (Å²) >= 11 is 1.12. The number of carboxylic acids is 1. The number of amides is 1. The Morgan fingerprint density at radius 1 is 1.47 bits per heavy atom. The van der Waals surface area contributed by atoms with E-state index in [4.69, 9.17) is 5.11 Å². The fourth-order valence-corrected chi connectivity index (χ4v) is 1.88. The largest absolute Gasteiger partial charge is 0.480 e. The summed E-state index contributed by atoms with van der Waals surface area (Å²) in [5.74, 6) is -1.20. The van der Waals surface area contributed by atoms with Crippen LogP contribution >= 0.6 is 11.8 Å². The van der Waals surface area contributed by atoms with Gasteiger partial charge in [-0.3, -0.25) is 9.59 Å². The second kappa shape index (κ2) is 6.19. The third-order valence-corrected chi connectivity index (χ3v) is 3.29. The molecule has 17 heavy (non-hydrogen) atoms. The van der Waals surface area contributed by atoms with Crippen LogP contribution in [0.4, 0.5) is 0 Å². The fraction of sp³-hybridized carbons (Fsp3) is 0.400. The van der Waals surface area contributed by atoms with Gasteiger partial charge in [0, 0.05) is 7.05 Å². The molecule has 1 aromatic rings. The van der Waals surface area contributed by atoms with Crippen LogP contribution in [0.25, 0.3) is 0 Å². The van der Waals surface area contributed by atoms with Crippen LogP contribution in [0.1, 0.15) is 23.8 Å². The van der Waals surface area contributed by atoms with Gasteiger partial charge in [-0.15, -0.1) is 10.2 Å². The smallest absolute Gasteiger partial charge is 0.317 e. The van der Waals surface area contributed by atoms with Gasteiger partial charge in [0.05, 0.1) is 0 Å². The molecule has 0 bridgehead atoms. The van der Waals surface area contributed by atoms with Gasteiger partial charge < -0.3 is 10.4 Å². The van der Waals surface area contributed by atoms with Crippen LogP contribution in [0.3, 0.4) is 0 Å². The van der Waals surface area contributed by atoms with Crippen LogP contribution < -0.4 is 5.32 Å². The molecule has 0 fully saturated rings. The van der Waals surface area contributed by atoms with Gasteiger partial charge in [0.25, 0.3) is 5.91 Å². The van der Waals surface area contributed by atoms with E-state index in [9.17, 15) is 9.59 Å². The Morgan fingerprint density at radius 3 is 2.59 bits per heavy atom. The van der Waals surface area contributed by atoms with E-state index in [-0.39, 0.29) is 11.6 Å². The number of carbonyl (C=O) groups excluding carboxylic acids is 1. The van der Waals surface area contributed by atoms with Crippen molar-refractivity contribution in [3.8, 4) is 0 Å². The highest BCUT2D eigenvalue weighted by Crippen LogP contribution is 2.23. The quantitative estimate of drug-likeness (QED) is 0.756. The minimum atomic E-state index is -0.880. The molecule has 0 aliphatic carbocycles. The number of aliphatic carboxylic acids is 1. The van der Waals surface area contributed by atoms with Crippen molar-refractivity contribution in [2.24, 2.45) is 0 Å². The fourth-order valence-electron chi connectivity index (χ4n) is 1.09. The number of hydrogen-bond acceptors (Lipinski definition) is 5. The van der Waals surface area contributed by atoms with Crippen molar-refractivity contribution in [3.63, 3.8) is 0 Å². The lowest BCUT2D eigenvalue weighted by atomic mass is 10.3. The van der Waals surface area contributed by atoms with Crippen molar-refractivity contribution in [1.82, 2.24) is 15.5 Å². The van der Waals surface area contributed by atoms with Crippen molar-refractivity contribution in [2.75, 3.05) is 7.05 Å². The summed E-state index contributed by atoms with van der Waals surface area (Å²) in [4.78, 5) is 22.0. The average Bonchev–Trinajstić information content (AvgIpc) is 2.35. The Labute approximate surface area is 103 Å². The van der Waals surface area contributed by atoms with Gasteiger partial charge in [-0.05, 0) is 18.6 Å². The zero-order valence-corrected chi connectivity index (χ0v) is 10.3. The second-order valence-corrected chi connectivity index (χ2v) is 4.41. The van der Waals surface area contributed by atoms with Gasteiger partial charge in [-0.1, -0.05) is 18.7 Å². The Bertz CT molecular complexity index is 408. The lowest BCUT2D eigenvalue weighted by Gasteiger charge is -2.07. The van der Waals surface area contributed by atoms with Crippen LogP contribution in [0.15, 0.2) is 17.2 Å². The zero-order valence-electron chi connectivity index (χ0n) is 9.51. The Kier molecular flexibility index (Phi) is 4.89. The highest BCUT2D eigenvalue weighted by molar-refractivity contribution is 8.00. The van der Waals surface area contributed by atoms with Gasteiger partial charge in [0.2, 0.25) is 0 Å². The van der Waals surface area contributed by atoms with Gasteiger partial charge in [0.1, 0.15) is 10.3 Å². The molecule has 0 saturated carbocycles. The van der Waals surface area contributed by atoms with Gasteiger partial charge in [0.15, 0.2) is 5.69 Å². The van der Waals surface area contributed by atoms with E-state index in [1.165, 1.54) is 13.1 Å². The minimum Gasteiger partial charge on any atom is -0.480 e.